The van der Waals surface area contributed by atoms with Gasteiger partial charge in [0.1, 0.15) is 5.54 Å². The summed E-state index contributed by atoms with van der Waals surface area (Å²) in [5.74, 6) is -1.44. The largest absolute Gasteiger partial charge is 0.416 e. The molecule has 24 heavy (non-hydrogen) atoms. The highest BCUT2D eigenvalue weighted by Gasteiger charge is 2.38. The number of benzene rings is 1. The molecular weight excluding hydrogens is 325 g/mol. The van der Waals surface area contributed by atoms with E-state index in [2.05, 4.69) is 5.32 Å². The van der Waals surface area contributed by atoms with Crippen molar-refractivity contribution in [3.8, 4) is 0 Å². The van der Waals surface area contributed by atoms with Gasteiger partial charge in [-0.25, -0.2) is 0 Å². The molecule has 3 N–H and O–H groups in total. The summed E-state index contributed by atoms with van der Waals surface area (Å²) < 4.78 is 44.0. The van der Waals surface area contributed by atoms with E-state index in [1.165, 1.54) is 19.1 Å². The van der Waals surface area contributed by atoms with Crippen molar-refractivity contribution in [2.45, 2.75) is 44.0 Å². The molecule has 0 radical (unpaired) electrons. The lowest BCUT2D eigenvalue weighted by atomic mass is 9.89. The van der Waals surface area contributed by atoms with Gasteiger partial charge >= 0.3 is 6.18 Å². The van der Waals surface area contributed by atoms with Gasteiger partial charge in [-0.1, -0.05) is 12.1 Å². The number of nitrogens with one attached hydrogen (secondary N) is 1. The number of primary amides is 1. The molecule has 2 rings (SSSR count). The highest BCUT2D eigenvalue weighted by atomic mass is 19.4. The third-order valence-electron chi connectivity index (χ3n) is 4.09. The van der Waals surface area contributed by atoms with Crippen molar-refractivity contribution in [3.05, 3.63) is 35.4 Å². The Labute approximate surface area is 137 Å². The Hall–Kier alpha value is -2.09. The van der Waals surface area contributed by atoms with Crippen molar-refractivity contribution in [1.82, 2.24) is 5.32 Å². The van der Waals surface area contributed by atoms with E-state index >= 15 is 0 Å². The topological polar surface area (TPSA) is 81.4 Å². The summed E-state index contributed by atoms with van der Waals surface area (Å²) in [6.45, 7) is 1.86. The SMILES string of the molecule is C[C@@](NC(=O)C[C@@H]1CCCO1)(C(N)=O)c1cccc(C(F)(F)F)c1. The van der Waals surface area contributed by atoms with Crippen LogP contribution in [0.25, 0.3) is 0 Å². The Morgan fingerprint density at radius 3 is 2.54 bits per heavy atom. The lowest BCUT2D eigenvalue weighted by molar-refractivity contribution is -0.138. The minimum atomic E-state index is -4.56. The summed E-state index contributed by atoms with van der Waals surface area (Å²) in [7, 11) is 0. The molecule has 0 aromatic heterocycles. The zero-order valence-corrected chi connectivity index (χ0v) is 13.2. The van der Waals surface area contributed by atoms with Gasteiger partial charge in [-0.3, -0.25) is 9.59 Å². The number of carbonyl (C=O) groups is 2. The predicted octanol–water partition coefficient (Wildman–Crippen LogP) is 2.09. The number of nitrogens with two attached hydrogens (primary N) is 1. The average Bonchev–Trinajstić information content (AvgIpc) is 2.98. The molecule has 0 unspecified atom stereocenters. The van der Waals surface area contributed by atoms with Gasteiger partial charge in [-0.05, 0) is 37.5 Å². The first-order chi connectivity index (χ1) is 11.1. The zero-order valence-electron chi connectivity index (χ0n) is 13.2. The van der Waals surface area contributed by atoms with Gasteiger partial charge in [0.2, 0.25) is 11.8 Å². The smallest absolute Gasteiger partial charge is 0.378 e. The van der Waals surface area contributed by atoms with E-state index in [4.69, 9.17) is 10.5 Å². The van der Waals surface area contributed by atoms with Gasteiger partial charge in [-0.2, -0.15) is 13.2 Å². The molecule has 5 nitrogen and oxygen atoms in total. The minimum absolute atomic E-state index is 0.0227. The number of amides is 2. The van der Waals surface area contributed by atoms with E-state index in [0.29, 0.717) is 6.61 Å². The van der Waals surface area contributed by atoms with Crippen LogP contribution in [0.2, 0.25) is 0 Å². The van der Waals surface area contributed by atoms with Crippen LogP contribution in [0.5, 0.6) is 0 Å². The summed E-state index contributed by atoms with van der Waals surface area (Å²) in [4.78, 5) is 24.0. The summed E-state index contributed by atoms with van der Waals surface area (Å²) in [5, 5.41) is 2.45. The molecule has 1 aromatic carbocycles. The lowest BCUT2D eigenvalue weighted by Gasteiger charge is -2.29. The summed E-state index contributed by atoms with van der Waals surface area (Å²) in [6, 6.07) is 4.20. The first kappa shape index (κ1) is 18.3. The Kier molecular flexibility index (Phi) is 5.17. The Morgan fingerprint density at radius 2 is 2.00 bits per heavy atom. The van der Waals surface area contributed by atoms with E-state index < -0.39 is 29.1 Å². The third kappa shape index (κ3) is 4.05. The average molecular weight is 344 g/mol. The van der Waals surface area contributed by atoms with Crippen LogP contribution in [-0.4, -0.2) is 24.5 Å². The fraction of sp³-hybridized carbons (Fsp3) is 0.500. The highest BCUT2D eigenvalue weighted by molar-refractivity contribution is 5.91. The van der Waals surface area contributed by atoms with Crippen LogP contribution in [0.3, 0.4) is 0 Å². The van der Waals surface area contributed by atoms with E-state index in [0.717, 1.165) is 25.0 Å². The van der Waals surface area contributed by atoms with Crippen LogP contribution in [0.15, 0.2) is 24.3 Å². The number of halogens is 3. The first-order valence-corrected chi connectivity index (χ1v) is 7.53. The van der Waals surface area contributed by atoms with Crippen LogP contribution in [-0.2, 0) is 26.0 Å². The normalized spacial score (nSPS) is 20.4. The van der Waals surface area contributed by atoms with Crippen LogP contribution >= 0.6 is 0 Å². The third-order valence-corrected chi connectivity index (χ3v) is 4.09. The number of hydrogen-bond acceptors (Lipinski definition) is 3. The van der Waals surface area contributed by atoms with Gasteiger partial charge in [0.25, 0.3) is 0 Å². The van der Waals surface area contributed by atoms with E-state index in [1.807, 2.05) is 0 Å². The summed E-state index contributed by atoms with van der Waals surface area (Å²) >= 11 is 0. The maximum absolute atomic E-state index is 12.9. The van der Waals surface area contributed by atoms with E-state index in [1.54, 1.807) is 0 Å². The molecule has 0 saturated carbocycles. The summed E-state index contributed by atoms with van der Waals surface area (Å²) in [6.07, 6.45) is -3.20. The minimum Gasteiger partial charge on any atom is -0.378 e. The van der Waals surface area contributed by atoms with Crippen molar-refractivity contribution < 1.29 is 27.5 Å². The zero-order chi connectivity index (χ0) is 18.0. The molecular formula is C16H19F3N2O3. The Morgan fingerprint density at radius 1 is 1.33 bits per heavy atom. The monoisotopic (exact) mass is 344 g/mol. The second kappa shape index (κ2) is 6.80. The van der Waals surface area contributed by atoms with Gasteiger partial charge in [0, 0.05) is 6.61 Å². The van der Waals surface area contributed by atoms with Crippen LogP contribution in [0.4, 0.5) is 13.2 Å². The highest BCUT2D eigenvalue weighted by Crippen LogP contribution is 2.32. The lowest BCUT2D eigenvalue weighted by Crippen LogP contribution is -2.53. The molecule has 1 heterocycles. The van der Waals surface area contributed by atoms with Crippen molar-refractivity contribution in [1.29, 1.82) is 0 Å². The Balaban J connectivity index is 2.23. The second-order valence-corrected chi connectivity index (χ2v) is 5.96. The maximum Gasteiger partial charge on any atom is 0.416 e. The number of hydrogen-bond donors (Lipinski definition) is 2. The molecule has 0 bridgehead atoms. The first-order valence-electron chi connectivity index (χ1n) is 7.53. The molecule has 2 amide bonds. The Bertz CT molecular complexity index is 627. The van der Waals surface area contributed by atoms with Gasteiger partial charge in [0.15, 0.2) is 0 Å². The molecule has 1 aliphatic rings. The molecule has 0 aliphatic carbocycles. The van der Waals surface area contributed by atoms with Crippen molar-refractivity contribution >= 4 is 11.8 Å². The number of rotatable bonds is 5. The fourth-order valence-corrected chi connectivity index (χ4v) is 2.62. The van der Waals surface area contributed by atoms with Crippen LogP contribution < -0.4 is 11.1 Å². The van der Waals surface area contributed by atoms with Crippen LogP contribution in [0, 0.1) is 0 Å². The van der Waals surface area contributed by atoms with E-state index in [-0.39, 0.29) is 18.1 Å². The van der Waals surface area contributed by atoms with E-state index in [9.17, 15) is 22.8 Å². The molecule has 1 fully saturated rings. The molecule has 1 saturated heterocycles. The fourth-order valence-electron chi connectivity index (χ4n) is 2.62. The predicted molar refractivity (Wildman–Crippen MR) is 79.7 cm³/mol. The molecule has 0 spiro atoms. The van der Waals surface area contributed by atoms with Crippen molar-refractivity contribution in [3.63, 3.8) is 0 Å². The quantitative estimate of drug-likeness (QED) is 0.858. The standard InChI is InChI=1S/C16H19F3N2O3/c1-15(14(20)23,21-13(22)9-12-6-3-7-24-12)10-4-2-5-11(8-10)16(17,18)19/h2,4-5,8,12H,3,6-7,9H2,1H3,(H2,20,23)(H,21,22)/t12-,15-/m0/s1. The molecule has 132 valence electrons. The van der Waals surface area contributed by atoms with Gasteiger partial charge in [0.05, 0.1) is 18.1 Å². The van der Waals surface area contributed by atoms with Gasteiger partial charge in [-0.15, -0.1) is 0 Å². The maximum atomic E-state index is 12.9. The molecule has 8 heteroatoms. The van der Waals surface area contributed by atoms with Crippen molar-refractivity contribution in [2.75, 3.05) is 6.61 Å². The summed E-state index contributed by atoms with van der Waals surface area (Å²) in [5.41, 5.74) is 2.67. The molecule has 1 aliphatic heterocycles. The molecule has 1 aromatic rings. The number of carbonyl (C=O) groups excluding carboxylic acids is 2. The van der Waals surface area contributed by atoms with Crippen molar-refractivity contribution in [2.24, 2.45) is 5.73 Å². The van der Waals surface area contributed by atoms with Crippen LogP contribution in [0.1, 0.15) is 37.3 Å². The van der Waals surface area contributed by atoms with Gasteiger partial charge < -0.3 is 15.8 Å². The number of alkyl halides is 3. The molecule has 2 atom stereocenters. The number of ether oxygens (including phenoxy) is 1. The second-order valence-electron chi connectivity index (χ2n) is 5.96.